The van der Waals surface area contributed by atoms with Crippen LogP contribution in [-0.2, 0) is 9.53 Å². The summed E-state index contributed by atoms with van der Waals surface area (Å²) < 4.78 is 10.8. The number of rotatable bonds is 8. The Morgan fingerprint density at radius 3 is 2.39 bits per heavy atom. The maximum absolute atomic E-state index is 12.6. The van der Waals surface area contributed by atoms with Gasteiger partial charge < -0.3 is 14.8 Å². The number of ether oxygens (including phenoxy) is 2. The molecule has 0 aromatic heterocycles. The summed E-state index contributed by atoms with van der Waals surface area (Å²) in [5, 5.41) is 3.16. The molecule has 2 aromatic rings. The average molecular weight is 383 g/mol. The van der Waals surface area contributed by atoms with Crippen LogP contribution in [0.25, 0.3) is 0 Å². The molecular formula is C23H30N2O3. The minimum Gasteiger partial charge on any atom is -0.497 e. The van der Waals surface area contributed by atoms with E-state index in [0.29, 0.717) is 13.0 Å². The van der Waals surface area contributed by atoms with E-state index in [1.165, 1.54) is 11.1 Å². The van der Waals surface area contributed by atoms with Crippen molar-refractivity contribution >= 4 is 5.91 Å². The Morgan fingerprint density at radius 1 is 1.07 bits per heavy atom. The van der Waals surface area contributed by atoms with Crippen molar-refractivity contribution < 1.29 is 14.3 Å². The molecule has 1 heterocycles. The molecule has 1 aliphatic heterocycles. The van der Waals surface area contributed by atoms with Gasteiger partial charge in [0.15, 0.2) is 0 Å². The Hall–Kier alpha value is -2.37. The SMILES string of the molecule is COc1ccc(C(CNC(=O)CC(C)c2ccccc2)N2CCOCC2)cc1. The highest BCUT2D eigenvalue weighted by Crippen LogP contribution is 2.24. The van der Waals surface area contributed by atoms with Gasteiger partial charge in [-0.05, 0) is 29.2 Å². The third kappa shape index (κ3) is 5.57. The number of hydrogen-bond acceptors (Lipinski definition) is 4. The molecule has 0 bridgehead atoms. The van der Waals surface area contributed by atoms with E-state index in [0.717, 1.165) is 32.1 Å². The van der Waals surface area contributed by atoms with Gasteiger partial charge in [-0.2, -0.15) is 0 Å². The van der Waals surface area contributed by atoms with Gasteiger partial charge in [0.25, 0.3) is 0 Å². The molecule has 0 saturated carbocycles. The van der Waals surface area contributed by atoms with Crippen LogP contribution in [0.15, 0.2) is 54.6 Å². The smallest absolute Gasteiger partial charge is 0.220 e. The normalized spacial score (nSPS) is 16.9. The van der Waals surface area contributed by atoms with Crippen LogP contribution in [0.3, 0.4) is 0 Å². The Kier molecular flexibility index (Phi) is 7.46. The van der Waals surface area contributed by atoms with Crippen LogP contribution in [0.5, 0.6) is 5.75 Å². The van der Waals surface area contributed by atoms with Crippen molar-refractivity contribution in [3.05, 3.63) is 65.7 Å². The molecule has 2 aromatic carbocycles. The number of methoxy groups -OCH3 is 1. The second kappa shape index (κ2) is 10.2. The zero-order valence-corrected chi connectivity index (χ0v) is 16.8. The van der Waals surface area contributed by atoms with E-state index in [1.54, 1.807) is 7.11 Å². The van der Waals surface area contributed by atoms with E-state index >= 15 is 0 Å². The molecule has 0 radical (unpaired) electrons. The molecule has 5 heteroatoms. The summed E-state index contributed by atoms with van der Waals surface area (Å²) in [5.41, 5.74) is 2.37. The van der Waals surface area contributed by atoms with Crippen molar-refractivity contribution in [1.82, 2.24) is 10.2 Å². The standard InChI is InChI=1S/C23H30N2O3/c1-18(19-6-4-3-5-7-19)16-23(26)24-17-22(25-12-14-28-15-13-25)20-8-10-21(27-2)11-9-20/h3-11,18,22H,12-17H2,1-2H3,(H,24,26). The number of nitrogens with zero attached hydrogens (tertiary/aromatic N) is 1. The highest BCUT2D eigenvalue weighted by atomic mass is 16.5. The quantitative estimate of drug-likeness (QED) is 0.760. The van der Waals surface area contributed by atoms with Crippen molar-refractivity contribution in [2.45, 2.75) is 25.3 Å². The first-order valence-electron chi connectivity index (χ1n) is 9.94. The number of morpholine rings is 1. The number of nitrogens with one attached hydrogen (secondary N) is 1. The van der Waals surface area contributed by atoms with E-state index in [2.05, 4.69) is 41.4 Å². The molecule has 5 nitrogen and oxygen atoms in total. The highest BCUT2D eigenvalue weighted by molar-refractivity contribution is 5.76. The Labute approximate surface area is 167 Å². The van der Waals surface area contributed by atoms with Crippen LogP contribution in [0, 0.1) is 0 Å². The van der Waals surface area contributed by atoms with Crippen LogP contribution < -0.4 is 10.1 Å². The monoisotopic (exact) mass is 382 g/mol. The van der Waals surface area contributed by atoms with Gasteiger partial charge in [0, 0.05) is 26.1 Å². The molecule has 3 rings (SSSR count). The lowest BCUT2D eigenvalue weighted by Gasteiger charge is -2.35. The number of benzene rings is 2. The first-order chi connectivity index (χ1) is 13.7. The Bertz CT molecular complexity index is 727. The van der Waals surface area contributed by atoms with Crippen LogP contribution in [0.1, 0.15) is 36.4 Å². The fraction of sp³-hybridized carbons (Fsp3) is 0.435. The van der Waals surface area contributed by atoms with E-state index in [1.807, 2.05) is 30.3 Å². The fourth-order valence-electron chi connectivity index (χ4n) is 3.63. The summed E-state index contributed by atoms with van der Waals surface area (Å²) >= 11 is 0. The largest absolute Gasteiger partial charge is 0.497 e. The summed E-state index contributed by atoms with van der Waals surface area (Å²) in [5.74, 6) is 1.12. The molecule has 2 atom stereocenters. The topological polar surface area (TPSA) is 50.8 Å². The molecule has 28 heavy (non-hydrogen) atoms. The Morgan fingerprint density at radius 2 is 1.75 bits per heavy atom. The second-order valence-corrected chi connectivity index (χ2v) is 7.26. The first-order valence-corrected chi connectivity index (χ1v) is 9.94. The zero-order valence-electron chi connectivity index (χ0n) is 16.8. The molecule has 1 fully saturated rings. The van der Waals surface area contributed by atoms with Gasteiger partial charge >= 0.3 is 0 Å². The minimum absolute atomic E-state index is 0.0862. The minimum atomic E-state index is 0.0862. The lowest BCUT2D eigenvalue weighted by molar-refractivity contribution is -0.121. The van der Waals surface area contributed by atoms with Crippen LogP contribution >= 0.6 is 0 Å². The molecule has 1 N–H and O–H groups in total. The fourth-order valence-corrected chi connectivity index (χ4v) is 3.63. The summed E-state index contributed by atoms with van der Waals surface area (Å²) in [6.07, 6.45) is 0.489. The van der Waals surface area contributed by atoms with Crippen LogP contribution in [-0.4, -0.2) is 50.8 Å². The van der Waals surface area contributed by atoms with Crippen LogP contribution in [0.4, 0.5) is 0 Å². The molecular weight excluding hydrogens is 352 g/mol. The molecule has 0 spiro atoms. The summed E-state index contributed by atoms with van der Waals surface area (Å²) in [7, 11) is 1.67. The predicted octanol–water partition coefficient (Wildman–Crippen LogP) is 3.38. The average Bonchev–Trinajstić information content (AvgIpc) is 2.75. The first kappa shape index (κ1) is 20.4. The van der Waals surface area contributed by atoms with Crippen molar-refractivity contribution in [3.8, 4) is 5.75 Å². The number of amides is 1. The Balaban J connectivity index is 1.62. The molecule has 0 aliphatic carbocycles. The van der Waals surface area contributed by atoms with Gasteiger partial charge in [0.05, 0.1) is 26.4 Å². The van der Waals surface area contributed by atoms with Gasteiger partial charge in [0.1, 0.15) is 5.75 Å². The maximum Gasteiger partial charge on any atom is 0.220 e. The summed E-state index contributed by atoms with van der Waals surface area (Å²) in [6, 6.07) is 18.4. The third-order valence-corrected chi connectivity index (χ3v) is 5.34. The maximum atomic E-state index is 12.6. The highest BCUT2D eigenvalue weighted by Gasteiger charge is 2.23. The molecule has 1 saturated heterocycles. The lowest BCUT2D eigenvalue weighted by Crippen LogP contribution is -2.43. The molecule has 150 valence electrons. The van der Waals surface area contributed by atoms with Crippen molar-refractivity contribution in [3.63, 3.8) is 0 Å². The van der Waals surface area contributed by atoms with E-state index in [-0.39, 0.29) is 17.9 Å². The molecule has 1 aliphatic rings. The summed E-state index contributed by atoms with van der Waals surface area (Å²) in [6.45, 7) is 5.88. The van der Waals surface area contributed by atoms with Gasteiger partial charge in [-0.15, -0.1) is 0 Å². The number of carbonyl (C=O) groups excluding carboxylic acids is 1. The molecule has 1 amide bonds. The number of hydrogen-bond donors (Lipinski definition) is 1. The van der Waals surface area contributed by atoms with E-state index in [9.17, 15) is 4.79 Å². The van der Waals surface area contributed by atoms with Gasteiger partial charge in [-0.1, -0.05) is 49.4 Å². The van der Waals surface area contributed by atoms with E-state index < -0.39 is 0 Å². The lowest BCUT2D eigenvalue weighted by atomic mass is 9.97. The van der Waals surface area contributed by atoms with Crippen molar-refractivity contribution in [1.29, 1.82) is 0 Å². The third-order valence-electron chi connectivity index (χ3n) is 5.34. The second-order valence-electron chi connectivity index (χ2n) is 7.26. The predicted molar refractivity (Wildman–Crippen MR) is 111 cm³/mol. The van der Waals surface area contributed by atoms with Crippen molar-refractivity contribution in [2.24, 2.45) is 0 Å². The summed E-state index contributed by atoms with van der Waals surface area (Å²) in [4.78, 5) is 15.0. The van der Waals surface area contributed by atoms with Crippen LogP contribution in [0.2, 0.25) is 0 Å². The van der Waals surface area contributed by atoms with Crippen molar-refractivity contribution in [2.75, 3.05) is 40.0 Å². The number of carbonyl (C=O) groups is 1. The molecule has 2 unspecified atom stereocenters. The van der Waals surface area contributed by atoms with Gasteiger partial charge in [0.2, 0.25) is 5.91 Å². The van der Waals surface area contributed by atoms with E-state index in [4.69, 9.17) is 9.47 Å². The van der Waals surface area contributed by atoms with Gasteiger partial charge in [-0.3, -0.25) is 9.69 Å². The van der Waals surface area contributed by atoms with Gasteiger partial charge in [-0.25, -0.2) is 0 Å². The zero-order chi connectivity index (χ0) is 19.8.